The molecule has 0 heterocycles. The Morgan fingerprint density at radius 1 is 0.386 bits per heavy atom. The molecule has 0 spiro atoms. The van der Waals surface area contributed by atoms with Gasteiger partial charge in [0.25, 0.3) is 0 Å². The summed E-state index contributed by atoms with van der Waals surface area (Å²) in [5.41, 5.74) is 0. The smallest absolute Gasteiger partial charge is 0.305 e. The lowest BCUT2D eigenvalue weighted by Crippen LogP contribution is -2.45. The highest BCUT2D eigenvalue weighted by Crippen LogP contribution is 2.18. The zero-order chi connectivity index (χ0) is 50.7. The van der Waals surface area contributed by atoms with Gasteiger partial charge in [0.1, 0.15) is 0 Å². The van der Waals surface area contributed by atoms with Crippen LogP contribution in [0.1, 0.15) is 348 Å². The van der Waals surface area contributed by atoms with Gasteiger partial charge in [-0.3, -0.25) is 9.59 Å². The van der Waals surface area contributed by atoms with Crippen molar-refractivity contribution in [1.82, 2.24) is 5.32 Å². The standard InChI is InChI=1S/C64H123NO5/c1-3-5-7-9-11-13-14-15-35-38-42-46-50-54-58-64(69)70-59-55-51-47-43-39-36-33-31-29-27-25-23-21-19-17-16-18-20-22-24-26-28-30-32-34-37-41-45-49-53-57-63(68)65-61(60-66)62(67)56-52-48-44-40-12-10-8-6-4-2/h17,19,52,56,61-62,66-67H,3-16,18,20-51,53-55,57-60H2,1-2H3,(H,65,68)/b19-17-,56-52+. The lowest BCUT2D eigenvalue weighted by atomic mass is 10.0. The number of esters is 1. The fraction of sp³-hybridized carbons (Fsp3) is 0.906. The summed E-state index contributed by atoms with van der Waals surface area (Å²) in [6, 6.07) is -0.624. The normalized spacial score (nSPS) is 12.7. The second-order valence-electron chi connectivity index (χ2n) is 21.7. The molecule has 1 amide bonds. The number of amides is 1. The molecule has 0 saturated heterocycles. The predicted molar refractivity (Wildman–Crippen MR) is 306 cm³/mol. The highest BCUT2D eigenvalue weighted by atomic mass is 16.5. The van der Waals surface area contributed by atoms with Gasteiger partial charge < -0.3 is 20.3 Å². The van der Waals surface area contributed by atoms with Gasteiger partial charge in [-0.05, 0) is 57.8 Å². The van der Waals surface area contributed by atoms with Crippen molar-refractivity contribution in [2.45, 2.75) is 360 Å². The van der Waals surface area contributed by atoms with Gasteiger partial charge in [-0.25, -0.2) is 0 Å². The molecule has 0 aliphatic rings. The fourth-order valence-corrected chi connectivity index (χ4v) is 9.87. The molecule has 0 aliphatic heterocycles. The minimum atomic E-state index is -0.840. The first kappa shape index (κ1) is 68.3. The van der Waals surface area contributed by atoms with Crippen molar-refractivity contribution in [3.63, 3.8) is 0 Å². The Morgan fingerprint density at radius 2 is 0.671 bits per heavy atom. The number of rotatable bonds is 59. The number of aliphatic hydroxyl groups is 2. The number of allylic oxidation sites excluding steroid dienone is 3. The molecular formula is C64H123NO5. The van der Waals surface area contributed by atoms with E-state index in [9.17, 15) is 19.8 Å². The van der Waals surface area contributed by atoms with Crippen molar-refractivity contribution in [2.75, 3.05) is 13.2 Å². The van der Waals surface area contributed by atoms with E-state index in [1.54, 1.807) is 6.08 Å². The minimum Gasteiger partial charge on any atom is -0.466 e. The Labute approximate surface area is 437 Å². The van der Waals surface area contributed by atoms with E-state index in [0.29, 0.717) is 19.4 Å². The van der Waals surface area contributed by atoms with E-state index in [2.05, 4.69) is 31.3 Å². The van der Waals surface area contributed by atoms with Crippen LogP contribution in [0.15, 0.2) is 24.3 Å². The predicted octanol–water partition coefficient (Wildman–Crippen LogP) is 19.8. The second kappa shape index (κ2) is 59.9. The van der Waals surface area contributed by atoms with E-state index in [1.165, 1.54) is 283 Å². The van der Waals surface area contributed by atoms with E-state index >= 15 is 0 Å². The van der Waals surface area contributed by atoms with Crippen LogP contribution >= 0.6 is 0 Å². The van der Waals surface area contributed by atoms with Crippen molar-refractivity contribution in [1.29, 1.82) is 0 Å². The number of carbonyl (C=O) groups is 2. The maximum atomic E-state index is 12.4. The first-order valence-electron chi connectivity index (χ1n) is 31.6. The lowest BCUT2D eigenvalue weighted by molar-refractivity contribution is -0.143. The van der Waals surface area contributed by atoms with Gasteiger partial charge in [-0.15, -0.1) is 0 Å². The van der Waals surface area contributed by atoms with Crippen molar-refractivity contribution in [3.05, 3.63) is 24.3 Å². The fourth-order valence-electron chi connectivity index (χ4n) is 9.87. The number of aliphatic hydroxyl groups excluding tert-OH is 2. The molecule has 70 heavy (non-hydrogen) atoms. The number of hydrogen-bond donors (Lipinski definition) is 3. The van der Waals surface area contributed by atoms with E-state index in [-0.39, 0.29) is 18.5 Å². The van der Waals surface area contributed by atoms with Crippen LogP contribution < -0.4 is 5.32 Å². The zero-order valence-corrected chi connectivity index (χ0v) is 47.3. The third-order valence-electron chi connectivity index (χ3n) is 14.7. The maximum Gasteiger partial charge on any atom is 0.305 e. The topological polar surface area (TPSA) is 95.9 Å². The van der Waals surface area contributed by atoms with Crippen LogP contribution in [0.4, 0.5) is 0 Å². The summed E-state index contributed by atoms with van der Waals surface area (Å²) < 4.78 is 5.49. The molecule has 6 heteroatoms. The summed E-state index contributed by atoms with van der Waals surface area (Å²) in [5.74, 6) is -0.0490. The molecular weight excluding hydrogens is 863 g/mol. The van der Waals surface area contributed by atoms with Gasteiger partial charge in [0, 0.05) is 12.8 Å². The zero-order valence-electron chi connectivity index (χ0n) is 47.3. The molecule has 0 bridgehead atoms. The number of unbranched alkanes of at least 4 members (excludes halogenated alkanes) is 46. The third-order valence-corrected chi connectivity index (χ3v) is 14.7. The molecule has 0 aliphatic carbocycles. The molecule has 0 rings (SSSR count). The van der Waals surface area contributed by atoms with E-state index in [1.807, 2.05) is 6.08 Å². The molecule has 6 nitrogen and oxygen atoms in total. The molecule has 414 valence electrons. The van der Waals surface area contributed by atoms with Gasteiger partial charge >= 0.3 is 5.97 Å². The summed E-state index contributed by atoms with van der Waals surface area (Å²) in [6.45, 7) is 4.90. The highest BCUT2D eigenvalue weighted by molar-refractivity contribution is 5.76. The second-order valence-corrected chi connectivity index (χ2v) is 21.7. The van der Waals surface area contributed by atoms with Gasteiger partial charge in [-0.1, -0.05) is 301 Å². The average Bonchev–Trinajstić information content (AvgIpc) is 3.36. The van der Waals surface area contributed by atoms with Crippen molar-refractivity contribution in [2.24, 2.45) is 0 Å². The van der Waals surface area contributed by atoms with Crippen LogP contribution in [0.2, 0.25) is 0 Å². The van der Waals surface area contributed by atoms with E-state index in [4.69, 9.17) is 4.74 Å². The molecule has 0 aromatic carbocycles. The largest absolute Gasteiger partial charge is 0.466 e. The van der Waals surface area contributed by atoms with E-state index in [0.717, 1.165) is 38.5 Å². The number of carbonyl (C=O) groups excluding carboxylic acids is 2. The maximum absolute atomic E-state index is 12.4. The van der Waals surface area contributed by atoms with E-state index < -0.39 is 12.1 Å². The quantitative estimate of drug-likeness (QED) is 0.0321. The Balaban J connectivity index is 3.34. The molecule has 0 aromatic heterocycles. The van der Waals surface area contributed by atoms with Gasteiger partial charge in [0.2, 0.25) is 5.91 Å². The number of hydrogen-bond acceptors (Lipinski definition) is 5. The van der Waals surface area contributed by atoms with Crippen LogP contribution in [0.25, 0.3) is 0 Å². The van der Waals surface area contributed by atoms with Crippen LogP contribution in [0, 0.1) is 0 Å². The molecule has 3 N–H and O–H groups in total. The summed E-state index contributed by atoms with van der Waals surface area (Å²) in [4.78, 5) is 24.4. The van der Waals surface area contributed by atoms with Gasteiger partial charge in [0.05, 0.1) is 25.4 Å². The molecule has 0 saturated carbocycles. The van der Waals surface area contributed by atoms with Crippen molar-refractivity contribution in [3.8, 4) is 0 Å². The Morgan fingerprint density at radius 3 is 1.01 bits per heavy atom. The number of nitrogens with one attached hydrogen (secondary N) is 1. The van der Waals surface area contributed by atoms with Gasteiger partial charge in [0.15, 0.2) is 0 Å². The average molecular weight is 987 g/mol. The molecule has 2 unspecified atom stereocenters. The first-order chi connectivity index (χ1) is 34.5. The summed E-state index contributed by atoms with van der Waals surface area (Å²) in [5, 5.41) is 22.9. The Bertz CT molecular complexity index is 1090. The molecule has 0 aromatic rings. The van der Waals surface area contributed by atoms with Crippen LogP contribution in [0.3, 0.4) is 0 Å². The Kier molecular flexibility index (Phi) is 58.5. The highest BCUT2D eigenvalue weighted by Gasteiger charge is 2.18. The molecule has 0 radical (unpaired) electrons. The molecule has 2 atom stereocenters. The lowest BCUT2D eigenvalue weighted by Gasteiger charge is -2.20. The number of ether oxygens (including phenoxy) is 1. The van der Waals surface area contributed by atoms with Gasteiger partial charge in [-0.2, -0.15) is 0 Å². The summed E-state index contributed by atoms with van der Waals surface area (Å²) in [6.07, 6.45) is 73.9. The molecule has 0 fully saturated rings. The first-order valence-corrected chi connectivity index (χ1v) is 31.6. The van der Waals surface area contributed by atoms with Crippen molar-refractivity contribution < 1.29 is 24.5 Å². The summed E-state index contributed by atoms with van der Waals surface area (Å²) in [7, 11) is 0. The van der Waals surface area contributed by atoms with Crippen molar-refractivity contribution >= 4 is 11.9 Å². The Hall–Kier alpha value is -1.66. The SMILES string of the molecule is CCCCCCCCC/C=C/C(O)C(CO)NC(=O)CCCCCCCCCCCCCCCC/C=C\CCCCCCCCCCCCCCOC(=O)CCCCCCCCCCCCCCCC. The van der Waals surface area contributed by atoms with Crippen LogP contribution in [-0.2, 0) is 14.3 Å². The third kappa shape index (κ3) is 55.7. The summed E-state index contributed by atoms with van der Waals surface area (Å²) >= 11 is 0. The van der Waals surface area contributed by atoms with Crippen LogP contribution in [-0.4, -0.2) is 47.4 Å². The minimum absolute atomic E-state index is 0.0192. The van der Waals surface area contributed by atoms with Crippen LogP contribution in [0.5, 0.6) is 0 Å². The monoisotopic (exact) mass is 986 g/mol.